The van der Waals surface area contributed by atoms with Crippen molar-refractivity contribution in [3.05, 3.63) is 100 Å². The van der Waals surface area contributed by atoms with Crippen LogP contribution in [0.4, 0.5) is 10.1 Å². The number of carbonyl (C=O) groups excluding carboxylic acids is 2. The molecule has 41 heavy (non-hydrogen) atoms. The van der Waals surface area contributed by atoms with Crippen LogP contribution in [0.15, 0.2) is 72.8 Å². The third-order valence-corrected chi connectivity index (χ3v) is 8.75. The van der Waals surface area contributed by atoms with Gasteiger partial charge in [-0.3, -0.25) is 13.9 Å². The molecule has 4 rings (SSSR count). The molecule has 0 aliphatic heterocycles. The van der Waals surface area contributed by atoms with Gasteiger partial charge in [-0.05, 0) is 49.1 Å². The lowest BCUT2D eigenvalue weighted by Gasteiger charge is -2.34. The van der Waals surface area contributed by atoms with Gasteiger partial charge >= 0.3 is 0 Å². The minimum Gasteiger partial charge on any atom is -0.352 e. The number of carbonyl (C=O) groups is 2. The highest BCUT2D eigenvalue weighted by Gasteiger charge is 2.35. The van der Waals surface area contributed by atoms with Gasteiger partial charge in [0, 0.05) is 29.6 Å². The van der Waals surface area contributed by atoms with Gasteiger partial charge in [0.25, 0.3) is 0 Å². The maximum atomic E-state index is 14.9. The van der Waals surface area contributed by atoms with Crippen LogP contribution in [0, 0.1) is 12.7 Å². The molecule has 3 aromatic carbocycles. The SMILES string of the molecule is Cc1ccc(Cl)cc1N(CC(=O)N(Cc1ccccc1F)[C@@H](Cc1ccccc1)C(=O)NC1CCCC1)S(C)(=O)=O. The van der Waals surface area contributed by atoms with Gasteiger partial charge in [-0.25, -0.2) is 12.8 Å². The van der Waals surface area contributed by atoms with Gasteiger partial charge in [0.2, 0.25) is 21.8 Å². The fraction of sp³-hybridized carbons (Fsp3) is 0.355. The molecule has 0 radical (unpaired) electrons. The summed E-state index contributed by atoms with van der Waals surface area (Å²) in [4.78, 5) is 29.3. The number of amides is 2. The molecule has 0 saturated heterocycles. The van der Waals surface area contributed by atoms with Crippen LogP contribution in [0.3, 0.4) is 0 Å². The summed E-state index contributed by atoms with van der Waals surface area (Å²) in [5.41, 5.74) is 1.90. The summed E-state index contributed by atoms with van der Waals surface area (Å²) in [7, 11) is -3.94. The van der Waals surface area contributed by atoms with Gasteiger partial charge in [0.05, 0.1) is 11.9 Å². The lowest BCUT2D eigenvalue weighted by atomic mass is 10.0. The quantitative estimate of drug-likeness (QED) is 0.326. The molecule has 1 atom stereocenters. The molecule has 0 spiro atoms. The largest absolute Gasteiger partial charge is 0.352 e. The van der Waals surface area contributed by atoms with Crippen molar-refractivity contribution >= 4 is 39.1 Å². The first-order valence-corrected chi connectivity index (χ1v) is 15.9. The molecule has 2 amide bonds. The summed E-state index contributed by atoms with van der Waals surface area (Å²) in [5.74, 6) is -1.51. The number of hydrogen-bond acceptors (Lipinski definition) is 4. The van der Waals surface area contributed by atoms with Crippen molar-refractivity contribution in [2.24, 2.45) is 0 Å². The number of nitrogens with one attached hydrogen (secondary N) is 1. The lowest BCUT2D eigenvalue weighted by molar-refractivity contribution is -0.140. The molecule has 0 heterocycles. The minimum atomic E-state index is -3.94. The first kappa shape index (κ1) is 30.5. The lowest BCUT2D eigenvalue weighted by Crippen LogP contribution is -2.54. The van der Waals surface area contributed by atoms with Crippen molar-refractivity contribution in [3.63, 3.8) is 0 Å². The van der Waals surface area contributed by atoms with E-state index in [4.69, 9.17) is 11.6 Å². The molecular weight excluding hydrogens is 565 g/mol. The topological polar surface area (TPSA) is 86.8 Å². The molecule has 10 heteroatoms. The van der Waals surface area contributed by atoms with Crippen LogP contribution in [0.1, 0.15) is 42.4 Å². The van der Waals surface area contributed by atoms with E-state index in [1.807, 2.05) is 30.3 Å². The van der Waals surface area contributed by atoms with Crippen molar-refractivity contribution < 1.29 is 22.4 Å². The van der Waals surface area contributed by atoms with Crippen LogP contribution in [0.5, 0.6) is 0 Å². The summed E-state index contributed by atoms with van der Waals surface area (Å²) in [5, 5.41) is 3.40. The minimum absolute atomic E-state index is 0.00665. The van der Waals surface area contributed by atoms with Crippen molar-refractivity contribution in [2.75, 3.05) is 17.1 Å². The zero-order valence-corrected chi connectivity index (χ0v) is 24.8. The number of halogens is 2. The van der Waals surface area contributed by atoms with Crippen molar-refractivity contribution in [3.8, 4) is 0 Å². The molecule has 0 unspecified atom stereocenters. The molecule has 0 aromatic heterocycles. The summed E-state index contributed by atoms with van der Waals surface area (Å²) < 4.78 is 41.8. The number of sulfonamides is 1. The molecule has 1 fully saturated rings. The molecule has 3 aromatic rings. The second-order valence-electron chi connectivity index (χ2n) is 10.5. The predicted molar refractivity (Wildman–Crippen MR) is 160 cm³/mol. The molecule has 218 valence electrons. The Kier molecular flexibility index (Phi) is 10.0. The Hall–Kier alpha value is -3.43. The summed E-state index contributed by atoms with van der Waals surface area (Å²) in [6.07, 6.45) is 4.90. The monoisotopic (exact) mass is 599 g/mol. The number of hydrogen-bond donors (Lipinski definition) is 1. The van der Waals surface area contributed by atoms with E-state index in [0.29, 0.717) is 10.6 Å². The van der Waals surface area contributed by atoms with Crippen molar-refractivity contribution in [1.82, 2.24) is 10.2 Å². The first-order valence-electron chi connectivity index (χ1n) is 13.6. The van der Waals surface area contributed by atoms with E-state index < -0.39 is 34.3 Å². The second kappa shape index (κ2) is 13.5. The Balaban J connectivity index is 1.75. The zero-order chi connectivity index (χ0) is 29.6. The normalized spacial score (nSPS) is 14.4. The first-order chi connectivity index (χ1) is 19.5. The number of rotatable bonds is 11. The highest BCUT2D eigenvalue weighted by molar-refractivity contribution is 7.92. The van der Waals surface area contributed by atoms with Crippen LogP contribution in [0.2, 0.25) is 5.02 Å². The fourth-order valence-electron chi connectivity index (χ4n) is 5.18. The highest BCUT2D eigenvalue weighted by atomic mass is 35.5. The molecular formula is C31H35ClFN3O4S. The second-order valence-corrected chi connectivity index (χ2v) is 12.9. The van der Waals surface area contributed by atoms with Gasteiger partial charge in [-0.15, -0.1) is 0 Å². The molecule has 1 N–H and O–H groups in total. The van der Waals surface area contributed by atoms with Gasteiger partial charge in [0.15, 0.2) is 0 Å². The van der Waals surface area contributed by atoms with Crippen LogP contribution in [0.25, 0.3) is 0 Å². The average Bonchev–Trinajstić information content (AvgIpc) is 3.44. The van der Waals surface area contributed by atoms with E-state index in [2.05, 4.69) is 5.32 Å². The van der Waals surface area contributed by atoms with E-state index >= 15 is 0 Å². The smallest absolute Gasteiger partial charge is 0.244 e. The van der Waals surface area contributed by atoms with Gasteiger partial charge in [0.1, 0.15) is 18.4 Å². The van der Waals surface area contributed by atoms with Crippen molar-refractivity contribution in [2.45, 2.75) is 57.7 Å². The van der Waals surface area contributed by atoms with Gasteiger partial charge < -0.3 is 10.2 Å². The van der Waals surface area contributed by atoms with Gasteiger partial charge in [-0.1, -0.05) is 79.0 Å². The maximum Gasteiger partial charge on any atom is 0.244 e. The van der Waals surface area contributed by atoms with E-state index in [0.717, 1.165) is 41.8 Å². The Labute approximate surface area is 246 Å². The van der Waals surface area contributed by atoms with E-state index in [-0.39, 0.29) is 36.2 Å². The Morgan fingerprint density at radius 2 is 1.68 bits per heavy atom. The van der Waals surface area contributed by atoms with Crippen LogP contribution in [-0.4, -0.2) is 50.0 Å². The third-order valence-electron chi connectivity index (χ3n) is 7.39. The van der Waals surface area contributed by atoms with E-state index in [9.17, 15) is 22.4 Å². The van der Waals surface area contributed by atoms with Crippen LogP contribution < -0.4 is 9.62 Å². The van der Waals surface area contributed by atoms with E-state index in [1.165, 1.54) is 17.0 Å². The Bertz CT molecular complexity index is 1480. The molecule has 7 nitrogen and oxygen atoms in total. The fourth-order valence-corrected chi connectivity index (χ4v) is 6.24. The van der Waals surface area contributed by atoms with Crippen LogP contribution >= 0.6 is 11.6 Å². The summed E-state index contributed by atoms with van der Waals surface area (Å²) in [6, 6.07) is 19.1. The van der Waals surface area contributed by atoms with Crippen molar-refractivity contribution in [1.29, 1.82) is 0 Å². The average molecular weight is 600 g/mol. The molecule has 1 aliphatic rings. The highest BCUT2D eigenvalue weighted by Crippen LogP contribution is 2.27. The Morgan fingerprint density at radius 3 is 2.34 bits per heavy atom. The third kappa shape index (κ3) is 8.07. The molecule has 1 aliphatic carbocycles. The standard InChI is InChI=1S/C31H35ClFN3O4S/c1-22-16-17-25(32)19-28(22)36(41(2,39)40)21-30(37)35(20-24-12-6-9-15-27(24)33)29(18-23-10-4-3-5-11-23)31(38)34-26-13-7-8-14-26/h3-6,9-12,15-17,19,26,29H,7-8,13-14,18,20-21H2,1-2H3,(H,34,38)/t29-/m0/s1. The van der Waals surface area contributed by atoms with Crippen LogP contribution in [-0.2, 0) is 32.6 Å². The van der Waals surface area contributed by atoms with Gasteiger partial charge in [-0.2, -0.15) is 0 Å². The molecule has 1 saturated carbocycles. The number of anilines is 1. The Morgan fingerprint density at radius 1 is 1.02 bits per heavy atom. The van der Waals surface area contributed by atoms with E-state index in [1.54, 1.807) is 37.3 Å². The number of benzene rings is 3. The number of nitrogens with zero attached hydrogens (tertiary/aromatic N) is 2. The predicted octanol–water partition coefficient (Wildman–Crippen LogP) is 5.25. The molecule has 0 bridgehead atoms. The summed E-state index contributed by atoms with van der Waals surface area (Å²) in [6.45, 7) is 0.919. The zero-order valence-electron chi connectivity index (χ0n) is 23.2. The maximum absolute atomic E-state index is 14.9. The number of aryl methyl sites for hydroxylation is 1. The summed E-state index contributed by atoms with van der Waals surface area (Å²) >= 11 is 6.19.